The number of piperidine rings is 1. The van der Waals surface area contributed by atoms with Crippen molar-refractivity contribution >= 4 is 5.91 Å². The Morgan fingerprint density at radius 3 is 2.81 bits per heavy atom. The molecule has 16 heavy (non-hydrogen) atoms. The van der Waals surface area contributed by atoms with Crippen LogP contribution in [-0.4, -0.2) is 33.4 Å². The minimum absolute atomic E-state index is 0.229. The normalized spacial score (nSPS) is 16.4. The van der Waals surface area contributed by atoms with Gasteiger partial charge in [-0.3, -0.25) is 4.79 Å². The SMILES string of the molecule is CCc1nccn1CC(=O)N1CCCCC1. The van der Waals surface area contributed by atoms with Crippen LogP contribution in [0.2, 0.25) is 0 Å². The van der Waals surface area contributed by atoms with Gasteiger partial charge in [-0.1, -0.05) is 6.92 Å². The van der Waals surface area contributed by atoms with Gasteiger partial charge in [0.25, 0.3) is 0 Å². The summed E-state index contributed by atoms with van der Waals surface area (Å²) in [4.78, 5) is 18.2. The molecule has 0 aliphatic carbocycles. The van der Waals surface area contributed by atoms with Crippen LogP contribution in [0, 0.1) is 0 Å². The third-order valence-electron chi connectivity index (χ3n) is 3.13. The van der Waals surface area contributed by atoms with Gasteiger partial charge in [-0.05, 0) is 19.3 Å². The molecule has 0 spiro atoms. The Labute approximate surface area is 96.3 Å². The average molecular weight is 221 g/mol. The van der Waals surface area contributed by atoms with Crippen molar-refractivity contribution in [3.8, 4) is 0 Å². The van der Waals surface area contributed by atoms with E-state index in [1.165, 1.54) is 6.42 Å². The highest BCUT2D eigenvalue weighted by molar-refractivity contribution is 5.76. The third-order valence-corrected chi connectivity index (χ3v) is 3.13. The van der Waals surface area contributed by atoms with Gasteiger partial charge in [-0.25, -0.2) is 4.98 Å². The van der Waals surface area contributed by atoms with Crippen LogP contribution in [0.15, 0.2) is 12.4 Å². The Hall–Kier alpha value is -1.32. The first kappa shape index (κ1) is 11.2. The maximum absolute atomic E-state index is 12.0. The highest BCUT2D eigenvalue weighted by atomic mass is 16.2. The van der Waals surface area contributed by atoms with E-state index in [9.17, 15) is 4.79 Å². The smallest absolute Gasteiger partial charge is 0.242 e. The summed E-state index contributed by atoms with van der Waals surface area (Å²) in [6.07, 6.45) is 8.09. The fourth-order valence-electron chi connectivity index (χ4n) is 2.19. The Morgan fingerprint density at radius 2 is 2.12 bits per heavy atom. The van der Waals surface area contributed by atoms with Gasteiger partial charge < -0.3 is 9.47 Å². The third kappa shape index (κ3) is 2.43. The monoisotopic (exact) mass is 221 g/mol. The first-order valence-electron chi connectivity index (χ1n) is 6.09. The van der Waals surface area contributed by atoms with Crippen LogP contribution in [0.25, 0.3) is 0 Å². The molecule has 0 N–H and O–H groups in total. The number of rotatable bonds is 3. The lowest BCUT2D eigenvalue weighted by atomic mass is 10.1. The molecule has 2 heterocycles. The number of amides is 1. The minimum atomic E-state index is 0.229. The van der Waals surface area contributed by atoms with Crippen LogP contribution in [0.1, 0.15) is 32.0 Å². The van der Waals surface area contributed by atoms with E-state index in [0.717, 1.165) is 38.2 Å². The van der Waals surface area contributed by atoms with Gasteiger partial charge in [0.1, 0.15) is 12.4 Å². The van der Waals surface area contributed by atoms with Gasteiger partial charge in [0.2, 0.25) is 5.91 Å². The number of aromatic nitrogens is 2. The number of carbonyl (C=O) groups is 1. The molecule has 88 valence electrons. The summed E-state index contributed by atoms with van der Waals surface area (Å²) in [5, 5.41) is 0. The predicted octanol–water partition coefficient (Wildman–Crippen LogP) is 1.46. The van der Waals surface area contributed by atoms with Crippen LogP contribution >= 0.6 is 0 Å². The van der Waals surface area contributed by atoms with Crippen molar-refractivity contribution in [2.75, 3.05) is 13.1 Å². The van der Waals surface area contributed by atoms with Crippen LogP contribution in [0.3, 0.4) is 0 Å². The number of likely N-dealkylation sites (tertiary alicyclic amines) is 1. The predicted molar refractivity (Wildman–Crippen MR) is 62.0 cm³/mol. The Balaban J connectivity index is 1.95. The topological polar surface area (TPSA) is 38.1 Å². The summed E-state index contributed by atoms with van der Waals surface area (Å²) < 4.78 is 1.96. The molecule has 0 saturated carbocycles. The maximum Gasteiger partial charge on any atom is 0.242 e. The second-order valence-corrected chi connectivity index (χ2v) is 4.27. The van der Waals surface area contributed by atoms with Crippen LogP contribution < -0.4 is 0 Å². The minimum Gasteiger partial charge on any atom is -0.341 e. The van der Waals surface area contributed by atoms with Crippen LogP contribution in [0.5, 0.6) is 0 Å². The van der Waals surface area contributed by atoms with Crippen molar-refractivity contribution in [3.63, 3.8) is 0 Å². The first-order chi connectivity index (χ1) is 7.81. The number of nitrogens with zero attached hydrogens (tertiary/aromatic N) is 3. The summed E-state index contributed by atoms with van der Waals surface area (Å²) >= 11 is 0. The first-order valence-corrected chi connectivity index (χ1v) is 6.09. The fourth-order valence-corrected chi connectivity index (χ4v) is 2.19. The maximum atomic E-state index is 12.0. The average Bonchev–Trinajstić information content (AvgIpc) is 2.77. The number of carbonyl (C=O) groups excluding carboxylic acids is 1. The number of aryl methyl sites for hydroxylation is 1. The molecular formula is C12H19N3O. The Bertz CT molecular complexity index is 353. The lowest BCUT2D eigenvalue weighted by Gasteiger charge is -2.27. The highest BCUT2D eigenvalue weighted by Crippen LogP contribution is 2.10. The molecule has 1 saturated heterocycles. The highest BCUT2D eigenvalue weighted by Gasteiger charge is 2.17. The summed E-state index contributed by atoms with van der Waals surface area (Å²) in [5.74, 6) is 1.22. The van der Waals surface area contributed by atoms with Gasteiger partial charge in [0, 0.05) is 31.9 Å². The van der Waals surface area contributed by atoms with Gasteiger partial charge >= 0.3 is 0 Å². The standard InChI is InChI=1S/C12H19N3O/c1-2-11-13-6-9-15(11)10-12(16)14-7-4-3-5-8-14/h6,9H,2-5,7-8,10H2,1H3. The molecule has 1 aliphatic rings. The van der Waals surface area contributed by atoms with Gasteiger partial charge in [0.05, 0.1) is 0 Å². The van der Waals surface area contributed by atoms with E-state index >= 15 is 0 Å². The van der Waals surface area contributed by atoms with E-state index in [0.29, 0.717) is 6.54 Å². The van der Waals surface area contributed by atoms with E-state index in [4.69, 9.17) is 0 Å². The van der Waals surface area contributed by atoms with E-state index in [-0.39, 0.29) is 5.91 Å². The number of hydrogen-bond acceptors (Lipinski definition) is 2. The van der Waals surface area contributed by atoms with Gasteiger partial charge in [0.15, 0.2) is 0 Å². The molecule has 0 aromatic carbocycles. The molecule has 0 atom stereocenters. The molecule has 0 radical (unpaired) electrons. The summed E-state index contributed by atoms with van der Waals surface area (Å²) in [5.41, 5.74) is 0. The van der Waals surface area contributed by atoms with E-state index in [1.807, 2.05) is 15.7 Å². The zero-order chi connectivity index (χ0) is 11.4. The quantitative estimate of drug-likeness (QED) is 0.775. The van der Waals surface area contributed by atoms with Crippen molar-refractivity contribution in [1.29, 1.82) is 0 Å². The van der Waals surface area contributed by atoms with Crippen molar-refractivity contribution in [2.24, 2.45) is 0 Å². The number of hydrogen-bond donors (Lipinski definition) is 0. The molecule has 4 heteroatoms. The van der Waals surface area contributed by atoms with Crippen molar-refractivity contribution in [3.05, 3.63) is 18.2 Å². The molecular weight excluding hydrogens is 202 g/mol. The zero-order valence-electron chi connectivity index (χ0n) is 9.85. The van der Waals surface area contributed by atoms with Crippen LogP contribution in [0.4, 0.5) is 0 Å². The van der Waals surface area contributed by atoms with Crippen molar-refractivity contribution in [1.82, 2.24) is 14.5 Å². The Kier molecular flexibility index (Phi) is 3.59. The zero-order valence-corrected chi connectivity index (χ0v) is 9.85. The fraction of sp³-hybridized carbons (Fsp3) is 0.667. The summed E-state index contributed by atoms with van der Waals surface area (Å²) in [6, 6.07) is 0. The molecule has 1 aliphatic heterocycles. The molecule has 0 bridgehead atoms. The molecule has 0 unspecified atom stereocenters. The van der Waals surface area contributed by atoms with E-state index < -0.39 is 0 Å². The van der Waals surface area contributed by atoms with E-state index in [1.54, 1.807) is 6.20 Å². The largest absolute Gasteiger partial charge is 0.341 e. The van der Waals surface area contributed by atoms with E-state index in [2.05, 4.69) is 11.9 Å². The van der Waals surface area contributed by atoms with Crippen LogP contribution in [-0.2, 0) is 17.8 Å². The lowest BCUT2D eigenvalue weighted by molar-refractivity contribution is -0.132. The molecule has 1 aromatic rings. The molecule has 4 nitrogen and oxygen atoms in total. The Morgan fingerprint density at radius 1 is 1.38 bits per heavy atom. The molecule has 2 rings (SSSR count). The number of imidazole rings is 1. The summed E-state index contributed by atoms with van der Waals surface area (Å²) in [7, 11) is 0. The second kappa shape index (κ2) is 5.14. The lowest BCUT2D eigenvalue weighted by Crippen LogP contribution is -2.37. The summed E-state index contributed by atoms with van der Waals surface area (Å²) in [6.45, 7) is 4.36. The molecule has 1 aromatic heterocycles. The molecule has 1 amide bonds. The van der Waals surface area contributed by atoms with Gasteiger partial charge in [-0.2, -0.15) is 0 Å². The molecule has 1 fully saturated rings. The van der Waals surface area contributed by atoms with Crippen molar-refractivity contribution < 1.29 is 4.79 Å². The van der Waals surface area contributed by atoms with Crippen molar-refractivity contribution in [2.45, 2.75) is 39.2 Å². The van der Waals surface area contributed by atoms with Gasteiger partial charge in [-0.15, -0.1) is 0 Å². The second-order valence-electron chi connectivity index (χ2n) is 4.27.